The van der Waals surface area contributed by atoms with E-state index in [1.165, 1.54) is 18.4 Å². The zero-order valence-electron chi connectivity index (χ0n) is 10.4. The molecule has 1 heterocycles. The highest BCUT2D eigenvalue weighted by Gasteiger charge is 2.19. The van der Waals surface area contributed by atoms with Crippen LogP contribution in [0.15, 0.2) is 24.3 Å². The van der Waals surface area contributed by atoms with Crippen LogP contribution in [0.2, 0.25) is 0 Å². The lowest BCUT2D eigenvalue weighted by molar-refractivity contribution is 0.0873. The molecule has 0 saturated carbocycles. The summed E-state index contributed by atoms with van der Waals surface area (Å²) < 4.78 is 5.23. The summed E-state index contributed by atoms with van der Waals surface area (Å²) in [6.45, 7) is 4.03. The topological polar surface area (TPSA) is 32.7 Å². The fraction of sp³-hybridized carbons (Fsp3) is 0.571. The summed E-state index contributed by atoms with van der Waals surface area (Å²) in [7, 11) is 1.77. The predicted molar refractivity (Wildman–Crippen MR) is 68.0 cm³/mol. The third kappa shape index (κ3) is 3.72. The molecule has 0 bridgehead atoms. The van der Waals surface area contributed by atoms with Gasteiger partial charge in [0.2, 0.25) is 0 Å². The molecule has 0 spiro atoms. The molecule has 0 aliphatic carbocycles. The molecule has 0 amide bonds. The molecule has 0 aromatic heterocycles. The van der Waals surface area contributed by atoms with Crippen molar-refractivity contribution in [3.8, 4) is 5.75 Å². The average molecular weight is 235 g/mol. The minimum atomic E-state index is 0.355. The van der Waals surface area contributed by atoms with Crippen LogP contribution in [0.4, 0.5) is 0 Å². The largest absolute Gasteiger partial charge is 0.508 e. The second kappa shape index (κ2) is 6.03. The molecular weight excluding hydrogens is 214 g/mol. The molecule has 1 aromatic carbocycles. The number of likely N-dealkylation sites (tertiary alicyclic amines) is 1. The number of rotatable bonds is 4. The first-order valence-electron chi connectivity index (χ1n) is 6.27. The predicted octanol–water partition coefficient (Wildman–Crippen LogP) is 2.25. The van der Waals surface area contributed by atoms with Gasteiger partial charge in [-0.2, -0.15) is 0 Å². The summed E-state index contributed by atoms with van der Waals surface area (Å²) in [6, 6.07) is 7.54. The number of phenols is 1. The molecule has 0 radical (unpaired) electrons. The Bertz CT molecular complexity index is 352. The Morgan fingerprint density at radius 1 is 1.47 bits per heavy atom. The van der Waals surface area contributed by atoms with E-state index in [2.05, 4.69) is 11.0 Å². The van der Waals surface area contributed by atoms with Crippen LogP contribution in [0.5, 0.6) is 5.75 Å². The minimum absolute atomic E-state index is 0.355. The van der Waals surface area contributed by atoms with Gasteiger partial charge in [-0.25, -0.2) is 0 Å². The molecule has 1 aliphatic rings. The number of hydrogen-bond donors (Lipinski definition) is 1. The summed E-state index contributed by atoms with van der Waals surface area (Å²) in [5.41, 5.74) is 1.18. The number of nitrogens with zero attached hydrogens (tertiary/aromatic N) is 1. The minimum Gasteiger partial charge on any atom is -0.508 e. The molecule has 3 nitrogen and oxygen atoms in total. The highest BCUT2D eigenvalue weighted by Crippen LogP contribution is 2.20. The summed E-state index contributed by atoms with van der Waals surface area (Å²) in [6.07, 6.45) is 2.51. The number of ether oxygens (including phenoxy) is 1. The number of aromatic hydroxyl groups is 1. The third-order valence-electron chi connectivity index (χ3n) is 3.32. The van der Waals surface area contributed by atoms with E-state index in [0.717, 1.165) is 26.2 Å². The van der Waals surface area contributed by atoms with Gasteiger partial charge in [0.1, 0.15) is 5.75 Å². The first kappa shape index (κ1) is 12.4. The maximum atomic E-state index is 9.44. The monoisotopic (exact) mass is 235 g/mol. The lowest BCUT2D eigenvalue weighted by Gasteiger charge is -2.32. The van der Waals surface area contributed by atoms with Crippen molar-refractivity contribution in [2.24, 2.45) is 5.92 Å². The molecule has 2 rings (SSSR count). The second-order valence-corrected chi connectivity index (χ2v) is 4.87. The molecule has 1 aromatic rings. The van der Waals surface area contributed by atoms with Crippen LogP contribution in [0.3, 0.4) is 0 Å². The standard InChI is InChI=1S/C14H21NO2/c1-17-11-13-5-3-7-15(10-13)9-12-4-2-6-14(16)8-12/h2,4,6,8,13,16H,3,5,7,9-11H2,1H3. The lowest BCUT2D eigenvalue weighted by atomic mass is 9.98. The van der Waals surface area contributed by atoms with Crippen molar-refractivity contribution in [2.45, 2.75) is 19.4 Å². The summed E-state index contributed by atoms with van der Waals surface area (Å²) in [5.74, 6) is 1.01. The highest BCUT2D eigenvalue weighted by molar-refractivity contribution is 5.27. The molecule has 1 atom stereocenters. The Kier molecular flexibility index (Phi) is 4.40. The maximum Gasteiger partial charge on any atom is 0.115 e. The summed E-state index contributed by atoms with van der Waals surface area (Å²) >= 11 is 0. The van der Waals surface area contributed by atoms with Crippen molar-refractivity contribution in [3.05, 3.63) is 29.8 Å². The molecule has 1 saturated heterocycles. The molecule has 1 aliphatic heterocycles. The van der Waals surface area contributed by atoms with Crippen molar-refractivity contribution in [3.63, 3.8) is 0 Å². The smallest absolute Gasteiger partial charge is 0.115 e. The highest BCUT2D eigenvalue weighted by atomic mass is 16.5. The Hall–Kier alpha value is -1.06. The molecular formula is C14H21NO2. The number of hydrogen-bond acceptors (Lipinski definition) is 3. The molecule has 1 N–H and O–H groups in total. The van der Waals surface area contributed by atoms with E-state index in [1.54, 1.807) is 13.2 Å². The molecule has 1 unspecified atom stereocenters. The quantitative estimate of drug-likeness (QED) is 0.869. The van der Waals surface area contributed by atoms with Crippen molar-refractivity contribution in [1.29, 1.82) is 0 Å². The van der Waals surface area contributed by atoms with Gasteiger partial charge in [-0.3, -0.25) is 4.90 Å². The van der Waals surface area contributed by atoms with Crippen molar-refractivity contribution in [1.82, 2.24) is 4.90 Å². The fourth-order valence-corrected chi connectivity index (χ4v) is 2.58. The average Bonchev–Trinajstić information content (AvgIpc) is 2.30. The van der Waals surface area contributed by atoms with Gasteiger partial charge in [-0.15, -0.1) is 0 Å². The lowest BCUT2D eigenvalue weighted by Crippen LogP contribution is -2.36. The van der Waals surface area contributed by atoms with E-state index in [0.29, 0.717) is 11.7 Å². The van der Waals surface area contributed by atoms with Gasteiger partial charge in [-0.05, 0) is 43.0 Å². The fourth-order valence-electron chi connectivity index (χ4n) is 2.58. The van der Waals surface area contributed by atoms with E-state index in [-0.39, 0.29) is 0 Å². The van der Waals surface area contributed by atoms with E-state index >= 15 is 0 Å². The normalized spacial score (nSPS) is 21.6. The first-order chi connectivity index (χ1) is 8.28. The summed E-state index contributed by atoms with van der Waals surface area (Å²) in [4.78, 5) is 2.45. The Morgan fingerprint density at radius 2 is 2.35 bits per heavy atom. The van der Waals surface area contributed by atoms with E-state index in [4.69, 9.17) is 4.74 Å². The van der Waals surface area contributed by atoms with E-state index in [1.807, 2.05) is 12.1 Å². The van der Waals surface area contributed by atoms with Crippen LogP contribution < -0.4 is 0 Å². The zero-order valence-corrected chi connectivity index (χ0v) is 10.4. The van der Waals surface area contributed by atoms with Gasteiger partial charge in [0.25, 0.3) is 0 Å². The van der Waals surface area contributed by atoms with Gasteiger partial charge in [-0.1, -0.05) is 12.1 Å². The number of piperidine rings is 1. The van der Waals surface area contributed by atoms with Crippen LogP contribution in [0.1, 0.15) is 18.4 Å². The Balaban J connectivity index is 1.90. The van der Waals surface area contributed by atoms with Crippen molar-refractivity contribution >= 4 is 0 Å². The van der Waals surface area contributed by atoms with Gasteiger partial charge >= 0.3 is 0 Å². The first-order valence-corrected chi connectivity index (χ1v) is 6.27. The molecule has 3 heteroatoms. The van der Waals surface area contributed by atoms with Gasteiger partial charge in [0, 0.05) is 20.2 Å². The number of phenolic OH excluding ortho intramolecular Hbond substituents is 1. The van der Waals surface area contributed by atoms with Gasteiger partial charge in [0.05, 0.1) is 6.61 Å². The SMILES string of the molecule is COCC1CCCN(Cc2cccc(O)c2)C1. The Labute approximate surface area is 103 Å². The van der Waals surface area contributed by atoms with Gasteiger partial charge in [0.15, 0.2) is 0 Å². The maximum absolute atomic E-state index is 9.44. The number of methoxy groups -OCH3 is 1. The van der Waals surface area contributed by atoms with Crippen molar-refractivity contribution in [2.75, 3.05) is 26.8 Å². The molecule has 17 heavy (non-hydrogen) atoms. The summed E-state index contributed by atoms with van der Waals surface area (Å²) in [5, 5.41) is 9.44. The van der Waals surface area contributed by atoms with Crippen LogP contribution in [0.25, 0.3) is 0 Å². The van der Waals surface area contributed by atoms with E-state index < -0.39 is 0 Å². The van der Waals surface area contributed by atoms with E-state index in [9.17, 15) is 5.11 Å². The van der Waals surface area contributed by atoms with Crippen LogP contribution in [0, 0.1) is 5.92 Å². The van der Waals surface area contributed by atoms with Crippen LogP contribution in [-0.2, 0) is 11.3 Å². The molecule has 94 valence electrons. The van der Waals surface area contributed by atoms with Crippen LogP contribution >= 0.6 is 0 Å². The van der Waals surface area contributed by atoms with Crippen molar-refractivity contribution < 1.29 is 9.84 Å². The van der Waals surface area contributed by atoms with Gasteiger partial charge < -0.3 is 9.84 Å². The Morgan fingerprint density at radius 3 is 3.12 bits per heavy atom. The second-order valence-electron chi connectivity index (χ2n) is 4.87. The number of benzene rings is 1. The molecule has 1 fully saturated rings. The van der Waals surface area contributed by atoms with Crippen LogP contribution in [-0.4, -0.2) is 36.8 Å². The zero-order chi connectivity index (χ0) is 12.1. The third-order valence-corrected chi connectivity index (χ3v) is 3.32.